The van der Waals surface area contributed by atoms with E-state index in [-0.39, 0.29) is 12.0 Å². The molecular weight excluding hydrogens is 386 g/mol. The largest absolute Gasteiger partial charge is 0.469 e. The van der Waals surface area contributed by atoms with E-state index in [2.05, 4.69) is 9.05 Å². The minimum Gasteiger partial charge on any atom is -0.349 e. The Kier molecular flexibility index (Phi) is 5.84. The van der Waals surface area contributed by atoms with Gasteiger partial charge in [-0.05, 0) is 6.92 Å². The van der Waals surface area contributed by atoms with Crippen molar-refractivity contribution in [3.05, 3.63) is 32.6 Å². The molecule has 2 rings (SSSR count). The molecule has 1 aliphatic heterocycles. The average Bonchev–Trinajstić information content (AvgIpc) is 2.80. The molecule has 0 radical (unpaired) electrons. The van der Waals surface area contributed by atoms with Crippen LogP contribution in [0.5, 0.6) is 0 Å². The zero-order chi connectivity index (χ0) is 19.0. The van der Waals surface area contributed by atoms with Crippen molar-refractivity contribution in [1.29, 1.82) is 0 Å². The molecule has 0 saturated carbocycles. The van der Waals surface area contributed by atoms with Crippen LogP contribution >= 0.6 is 15.6 Å². The molecule has 25 heavy (non-hydrogen) atoms. The van der Waals surface area contributed by atoms with Crippen LogP contribution in [0.15, 0.2) is 15.8 Å². The summed E-state index contributed by atoms with van der Waals surface area (Å²) in [6.45, 7) is 0.699. The van der Waals surface area contributed by atoms with Crippen molar-refractivity contribution >= 4 is 15.6 Å². The lowest BCUT2D eigenvalue weighted by atomic mass is 10.2. The van der Waals surface area contributed by atoms with Crippen LogP contribution in [-0.4, -0.2) is 47.9 Å². The van der Waals surface area contributed by atoms with E-state index in [4.69, 9.17) is 24.3 Å². The first-order chi connectivity index (χ1) is 11.4. The summed E-state index contributed by atoms with van der Waals surface area (Å²) in [5.74, 6) is 0. The van der Waals surface area contributed by atoms with Crippen LogP contribution in [0.3, 0.4) is 0 Å². The first kappa shape index (κ1) is 20.2. The maximum atomic E-state index is 11.9. The normalized spacial score (nSPS) is 24.6. The fourth-order valence-electron chi connectivity index (χ4n) is 2.28. The fraction of sp³-hybridized carbons (Fsp3) is 0.600. The van der Waals surface area contributed by atoms with Gasteiger partial charge in [-0.15, -0.1) is 0 Å². The molecule has 3 atom stereocenters. The smallest absolute Gasteiger partial charge is 0.349 e. The quantitative estimate of drug-likeness (QED) is 0.355. The number of hydrogen-bond acceptors (Lipinski definition) is 7. The average molecular weight is 402 g/mol. The molecule has 0 unspecified atom stereocenters. The maximum Gasteiger partial charge on any atom is 0.469 e. The molecule has 142 valence electrons. The van der Waals surface area contributed by atoms with E-state index in [0.29, 0.717) is 0 Å². The fourth-order valence-corrected chi connectivity index (χ4v) is 3.19. The molecule has 0 amide bonds. The van der Waals surface area contributed by atoms with Gasteiger partial charge in [0.15, 0.2) is 0 Å². The highest BCUT2D eigenvalue weighted by atomic mass is 31.2. The minimum atomic E-state index is -4.94. The van der Waals surface area contributed by atoms with Gasteiger partial charge in [0.1, 0.15) is 18.4 Å². The number of aromatic nitrogens is 2. The summed E-state index contributed by atoms with van der Waals surface area (Å²) in [5.41, 5.74) is -1.25. The van der Waals surface area contributed by atoms with E-state index in [9.17, 15) is 18.7 Å². The number of phosphoric acid groups is 2. The molecule has 13 nitrogen and oxygen atoms in total. The van der Waals surface area contributed by atoms with Crippen molar-refractivity contribution in [2.75, 3.05) is 6.61 Å². The number of hydrogen-bond donors (Lipinski definition) is 5. The Labute approximate surface area is 139 Å². The Morgan fingerprint density at radius 2 is 1.92 bits per heavy atom. The SMILES string of the molecule is Cc1cn([C@H]2C[C@@H](OP(=O)(O)O)[C@@H](COP(=O)(O)O)O2)c(=O)[nH]c1=O. The minimum absolute atomic E-state index is 0.186. The lowest BCUT2D eigenvalue weighted by Crippen LogP contribution is -2.33. The van der Waals surface area contributed by atoms with Gasteiger partial charge < -0.3 is 24.3 Å². The van der Waals surface area contributed by atoms with E-state index >= 15 is 0 Å². The number of H-pyrrole nitrogens is 1. The van der Waals surface area contributed by atoms with Gasteiger partial charge in [-0.3, -0.25) is 23.4 Å². The first-order valence-electron chi connectivity index (χ1n) is 6.77. The lowest BCUT2D eigenvalue weighted by molar-refractivity contribution is -0.0444. The summed E-state index contributed by atoms with van der Waals surface area (Å²) in [6, 6.07) is 0. The van der Waals surface area contributed by atoms with Crippen LogP contribution in [0.25, 0.3) is 0 Å². The molecule has 1 aromatic rings. The standard InChI is InChI=1S/C10H16N2O11P2/c1-5-3-12(10(14)11-9(5)13)8-2-6(23-25(18,19)20)7(22-8)4-21-24(15,16)17/h3,6-8H,2,4H2,1H3,(H,11,13,14)(H2,15,16,17)(H2,18,19,20)/t6-,7-,8-/m1/s1. The highest BCUT2D eigenvalue weighted by Crippen LogP contribution is 2.44. The second-order valence-electron chi connectivity index (χ2n) is 5.26. The molecular formula is C10H16N2O11P2. The highest BCUT2D eigenvalue weighted by molar-refractivity contribution is 7.46. The third kappa shape index (κ3) is 5.68. The van der Waals surface area contributed by atoms with E-state index in [1.54, 1.807) is 0 Å². The van der Waals surface area contributed by atoms with Gasteiger partial charge >= 0.3 is 21.3 Å². The summed E-state index contributed by atoms with van der Waals surface area (Å²) in [4.78, 5) is 60.7. The van der Waals surface area contributed by atoms with Crippen LogP contribution in [0.2, 0.25) is 0 Å². The predicted molar refractivity (Wildman–Crippen MR) is 79.5 cm³/mol. The van der Waals surface area contributed by atoms with E-state index in [0.717, 1.165) is 4.57 Å². The second kappa shape index (κ2) is 7.23. The van der Waals surface area contributed by atoms with Crippen LogP contribution in [-0.2, 0) is 22.9 Å². The third-order valence-corrected chi connectivity index (χ3v) is 4.35. The van der Waals surface area contributed by atoms with Crippen molar-refractivity contribution in [3.8, 4) is 0 Å². The summed E-state index contributed by atoms with van der Waals surface area (Å²) >= 11 is 0. The van der Waals surface area contributed by atoms with Crippen molar-refractivity contribution in [1.82, 2.24) is 9.55 Å². The predicted octanol–water partition coefficient (Wildman–Crippen LogP) is -1.28. The molecule has 15 heteroatoms. The lowest BCUT2D eigenvalue weighted by Gasteiger charge is -2.19. The summed E-state index contributed by atoms with van der Waals surface area (Å²) in [7, 11) is -9.80. The molecule has 0 bridgehead atoms. The molecule has 0 aromatic carbocycles. The molecule has 2 heterocycles. The van der Waals surface area contributed by atoms with Crippen molar-refractivity contribution < 1.29 is 42.5 Å². The number of ether oxygens (including phenoxy) is 1. The molecule has 0 spiro atoms. The van der Waals surface area contributed by atoms with Crippen LogP contribution in [0, 0.1) is 6.92 Å². The molecule has 5 N–H and O–H groups in total. The number of phosphoric ester groups is 2. The second-order valence-corrected chi connectivity index (χ2v) is 7.70. The zero-order valence-electron chi connectivity index (χ0n) is 12.7. The van der Waals surface area contributed by atoms with Gasteiger partial charge in [0.05, 0.1) is 6.61 Å². The van der Waals surface area contributed by atoms with Gasteiger partial charge in [-0.2, -0.15) is 0 Å². The molecule has 1 aliphatic rings. The number of aryl methyl sites for hydroxylation is 1. The number of nitrogens with zero attached hydrogens (tertiary/aromatic N) is 1. The van der Waals surface area contributed by atoms with E-state index in [1.807, 2.05) is 4.98 Å². The summed E-state index contributed by atoms with van der Waals surface area (Å²) < 4.78 is 37.0. The number of aromatic amines is 1. The third-order valence-electron chi connectivity index (χ3n) is 3.32. The van der Waals surface area contributed by atoms with Crippen LogP contribution in [0.4, 0.5) is 0 Å². The van der Waals surface area contributed by atoms with Gasteiger partial charge in [0, 0.05) is 18.2 Å². The maximum absolute atomic E-state index is 11.9. The molecule has 1 fully saturated rings. The highest BCUT2D eigenvalue weighted by Gasteiger charge is 2.42. The molecule has 0 aliphatic carbocycles. The van der Waals surface area contributed by atoms with Crippen molar-refractivity contribution in [2.45, 2.75) is 31.8 Å². The van der Waals surface area contributed by atoms with Gasteiger partial charge in [0.25, 0.3) is 5.56 Å². The van der Waals surface area contributed by atoms with Crippen molar-refractivity contribution in [3.63, 3.8) is 0 Å². The van der Waals surface area contributed by atoms with Crippen molar-refractivity contribution in [2.24, 2.45) is 0 Å². The Morgan fingerprint density at radius 3 is 2.48 bits per heavy atom. The Hall–Kier alpha value is -1.14. The molecule has 1 saturated heterocycles. The summed E-state index contributed by atoms with van der Waals surface area (Å²) in [5, 5.41) is 0. The Bertz CT molecular complexity index is 836. The number of rotatable bonds is 6. The first-order valence-corrected chi connectivity index (χ1v) is 9.83. The number of nitrogens with one attached hydrogen (secondary N) is 1. The van der Waals surface area contributed by atoms with Crippen LogP contribution < -0.4 is 11.2 Å². The summed E-state index contributed by atoms with van der Waals surface area (Å²) in [6.07, 6.45) is -2.72. The zero-order valence-corrected chi connectivity index (χ0v) is 14.5. The Morgan fingerprint density at radius 1 is 1.28 bits per heavy atom. The van der Waals surface area contributed by atoms with Gasteiger partial charge in [0.2, 0.25) is 0 Å². The van der Waals surface area contributed by atoms with Gasteiger partial charge in [-0.1, -0.05) is 0 Å². The van der Waals surface area contributed by atoms with E-state index in [1.165, 1.54) is 13.1 Å². The monoisotopic (exact) mass is 402 g/mol. The van der Waals surface area contributed by atoms with E-state index < -0.39 is 51.9 Å². The topological polar surface area (TPSA) is 198 Å². The Balaban J connectivity index is 2.26. The van der Waals surface area contributed by atoms with Crippen LogP contribution in [0.1, 0.15) is 18.2 Å². The van der Waals surface area contributed by atoms with Gasteiger partial charge in [-0.25, -0.2) is 13.9 Å². The molecule has 1 aromatic heterocycles.